The molecule has 1 aromatic rings. The molecule has 0 saturated heterocycles. The molecule has 0 aliphatic rings. The molecule has 0 heterocycles. The van der Waals surface area contributed by atoms with Gasteiger partial charge in [-0.05, 0) is 80.2 Å². The average molecular weight is 375 g/mol. The quantitative estimate of drug-likeness (QED) is 0.537. The van der Waals surface area contributed by atoms with E-state index in [1.807, 2.05) is 12.1 Å². The molecule has 4 heteroatoms. The van der Waals surface area contributed by atoms with E-state index in [1.165, 1.54) is 28.6 Å². The molecule has 0 radical (unpaired) electrons. The van der Waals surface area contributed by atoms with Gasteiger partial charge >= 0.3 is 0 Å². The van der Waals surface area contributed by atoms with Gasteiger partial charge in [-0.25, -0.2) is 0 Å². The van der Waals surface area contributed by atoms with E-state index in [0.29, 0.717) is 6.04 Å². The lowest BCUT2D eigenvalue weighted by atomic mass is 10.1. The molecule has 0 spiro atoms. The summed E-state index contributed by atoms with van der Waals surface area (Å²) in [5.41, 5.74) is 7.77. The minimum Gasteiger partial charge on any atom is -0.399 e. The van der Waals surface area contributed by atoms with Crippen LogP contribution < -0.4 is 11.1 Å². The summed E-state index contributed by atoms with van der Waals surface area (Å²) < 4.78 is 1.19. The highest BCUT2D eigenvalue weighted by atomic mass is 127. The molecule has 1 atom stereocenters. The van der Waals surface area contributed by atoms with E-state index in [-0.39, 0.29) is 0 Å². The third kappa shape index (κ3) is 5.99. The van der Waals surface area contributed by atoms with Gasteiger partial charge in [0.15, 0.2) is 0 Å². The van der Waals surface area contributed by atoms with Crippen molar-refractivity contribution in [3.05, 3.63) is 21.8 Å². The Morgan fingerprint density at radius 1 is 1.32 bits per heavy atom. The molecule has 0 fully saturated rings. The highest BCUT2D eigenvalue weighted by Gasteiger charge is 2.06. The van der Waals surface area contributed by atoms with Gasteiger partial charge in [-0.2, -0.15) is 0 Å². The first-order valence-electron chi connectivity index (χ1n) is 7.10. The number of rotatable bonds is 8. The Morgan fingerprint density at radius 2 is 2.00 bits per heavy atom. The van der Waals surface area contributed by atoms with Crippen molar-refractivity contribution in [3.63, 3.8) is 0 Å². The number of hydrogen-bond acceptors (Lipinski definition) is 3. The maximum absolute atomic E-state index is 5.76. The standard InChI is InChI=1S/C15H26IN3/c1-4-19(5-2)10-6-7-12(3)18-15-9-8-13(17)11-14(15)16/h8-9,11-12,18H,4-7,10,17H2,1-3H3. The number of nitrogens with zero attached hydrogens (tertiary/aromatic N) is 1. The number of hydrogen-bond donors (Lipinski definition) is 2. The maximum Gasteiger partial charge on any atom is 0.0479 e. The fraction of sp³-hybridized carbons (Fsp3) is 0.600. The van der Waals surface area contributed by atoms with Crippen LogP contribution in [0.25, 0.3) is 0 Å². The Kier molecular flexibility index (Phi) is 7.53. The van der Waals surface area contributed by atoms with Crippen LogP contribution in [0.4, 0.5) is 11.4 Å². The van der Waals surface area contributed by atoms with Gasteiger partial charge in [-0.1, -0.05) is 13.8 Å². The molecular formula is C15H26IN3. The van der Waals surface area contributed by atoms with Crippen molar-refractivity contribution in [2.24, 2.45) is 0 Å². The number of nitrogens with one attached hydrogen (secondary N) is 1. The average Bonchev–Trinajstić information content (AvgIpc) is 2.38. The van der Waals surface area contributed by atoms with Gasteiger partial charge in [0.1, 0.15) is 0 Å². The zero-order valence-electron chi connectivity index (χ0n) is 12.2. The van der Waals surface area contributed by atoms with Gasteiger partial charge in [-0.3, -0.25) is 0 Å². The van der Waals surface area contributed by atoms with Crippen molar-refractivity contribution in [1.82, 2.24) is 4.90 Å². The lowest BCUT2D eigenvalue weighted by molar-refractivity contribution is 0.295. The van der Waals surface area contributed by atoms with Crippen molar-refractivity contribution in [1.29, 1.82) is 0 Å². The highest BCUT2D eigenvalue weighted by molar-refractivity contribution is 14.1. The topological polar surface area (TPSA) is 41.3 Å². The normalized spacial score (nSPS) is 12.7. The summed E-state index contributed by atoms with van der Waals surface area (Å²) in [6.45, 7) is 10.2. The summed E-state index contributed by atoms with van der Waals surface area (Å²) >= 11 is 2.33. The molecule has 3 N–H and O–H groups in total. The number of benzene rings is 1. The Hall–Kier alpha value is -0.490. The summed E-state index contributed by atoms with van der Waals surface area (Å²) in [5, 5.41) is 3.57. The number of halogens is 1. The lowest BCUT2D eigenvalue weighted by Gasteiger charge is -2.20. The molecule has 0 bridgehead atoms. The summed E-state index contributed by atoms with van der Waals surface area (Å²) in [5.74, 6) is 0. The van der Waals surface area contributed by atoms with Crippen LogP contribution in [0.3, 0.4) is 0 Å². The van der Waals surface area contributed by atoms with E-state index in [2.05, 4.69) is 59.6 Å². The largest absolute Gasteiger partial charge is 0.399 e. The van der Waals surface area contributed by atoms with Crippen molar-refractivity contribution in [2.75, 3.05) is 30.7 Å². The predicted octanol–water partition coefficient (Wildman–Crippen LogP) is 3.80. The molecule has 0 aliphatic heterocycles. The molecule has 1 rings (SSSR count). The van der Waals surface area contributed by atoms with Gasteiger partial charge in [0.2, 0.25) is 0 Å². The first kappa shape index (κ1) is 16.6. The third-order valence-electron chi connectivity index (χ3n) is 3.40. The molecule has 1 unspecified atom stereocenters. The van der Waals surface area contributed by atoms with E-state index in [4.69, 9.17) is 5.73 Å². The summed E-state index contributed by atoms with van der Waals surface area (Å²) in [6, 6.07) is 6.52. The van der Waals surface area contributed by atoms with Crippen molar-refractivity contribution in [3.8, 4) is 0 Å². The third-order valence-corrected chi connectivity index (χ3v) is 4.29. The minimum absolute atomic E-state index is 0.493. The second-order valence-electron chi connectivity index (χ2n) is 4.95. The first-order chi connectivity index (χ1) is 9.06. The molecule has 19 heavy (non-hydrogen) atoms. The van der Waals surface area contributed by atoms with Crippen molar-refractivity contribution in [2.45, 2.75) is 39.7 Å². The smallest absolute Gasteiger partial charge is 0.0479 e. The highest BCUT2D eigenvalue weighted by Crippen LogP contribution is 2.22. The molecule has 0 aromatic heterocycles. The summed E-state index contributed by atoms with van der Waals surface area (Å²) in [6.07, 6.45) is 2.43. The number of anilines is 2. The fourth-order valence-electron chi connectivity index (χ4n) is 2.15. The van der Waals surface area contributed by atoms with Crippen molar-refractivity contribution < 1.29 is 0 Å². The van der Waals surface area contributed by atoms with Gasteiger partial charge in [0, 0.05) is 21.0 Å². The maximum atomic E-state index is 5.76. The van der Waals surface area contributed by atoms with Crippen molar-refractivity contribution >= 4 is 34.0 Å². The fourth-order valence-corrected chi connectivity index (χ4v) is 2.84. The van der Waals surface area contributed by atoms with Gasteiger partial charge in [0.05, 0.1) is 0 Å². The Balaban J connectivity index is 2.36. The molecule has 3 nitrogen and oxygen atoms in total. The predicted molar refractivity (Wildman–Crippen MR) is 93.7 cm³/mol. The van der Waals surface area contributed by atoms with E-state index in [9.17, 15) is 0 Å². The van der Waals surface area contributed by atoms with E-state index >= 15 is 0 Å². The number of nitrogens with two attached hydrogens (primary N) is 1. The zero-order chi connectivity index (χ0) is 14.3. The van der Waals surface area contributed by atoms with Crippen LogP contribution in [-0.4, -0.2) is 30.6 Å². The second kappa shape index (κ2) is 8.64. The van der Waals surface area contributed by atoms with Crippen LogP contribution in [0.2, 0.25) is 0 Å². The van der Waals surface area contributed by atoms with Gasteiger partial charge < -0.3 is 16.0 Å². The molecular weight excluding hydrogens is 349 g/mol. The van der Waals surface area contributed by atoms with Crippen LogP contribution in [0.1, 0.15) is 33.6 Å². The van der Waals surface area contributed by atoms with E-state index in [1.54, 1.807) is 0 Å². The monoisotopic (exact) mass is 375 g/mol. The first-order valence-corrected chi connectivity index (χ1v) is 8.18. The van der Waals surface area contributed by atoms with Crippen LogP contribution in [0.15, 0.2) is 18.2 Å². The molecule has 0 saturated carbocycles. The summed E-state index contributed by atoms with van der Waals surface area (Å²) in [4.78, 5) is 2.47. The van der Waals surface area contributed by atoms with Crippen LogP contribution in [0, 0.1) is 3.57 Å². The molecule has 0 amide bonds. The van der Waals surface area contributed by atoms with E-state index < -0.39 is 0 Å². The van der Waals surface area contributed by atoms with Crippen LogP contribution in [-0.2, 0) is 0 Å². The van der Waals surface area contributed by atoms with Crippen LogP contribution in [0.5, 0.6) is 0 Å². The lowest BCUT2D eigenvalue weighted by Crippen LogP contribution is -2.25. The Morgan fingerprint density at radius 3 is 2.58 bits per heavy atom. The zero-order valence-corrected chi connectivity index (χ0v) is 14.4. The van der Waals surface area contributed by atoms with Gasteiger partial charge in [0.25, 0.3) is 0 Å². The summed E-state index contributed by atoms with van der Waals surface area (Å²) in [7, 11) is 0. The SMILES string of the molecule is CCN(CC)CCCC(C)Nc1ccc(N)cc1I. The van der Waals surface area contributed by atoms with Gasteiger partial charge in [-0.15, -0.1) is 0 Å². The minimum atomic E-state index is 0.493. The van der Waals surface area contributed by atoms with Crippen LogP contribution >= 0.6 is 22.6 Å². The Bertz CT molecular complexity index is 378. The second-order valence-corrected chi connectivity index (χ2v) is 6.12. The molecule has 0 aliphatic carbocycles. The molecule has 1 aromatic carbocycles. The van der Waals surface area contributed by atoms with E-state index in [0.717, 1.165) is 18.8 Å². The molecule has 108 valence electrons. The Labute approximate surface area is 131 Å². The number of nitrogen functional groups attached to an aromatic ring is 1.